The fourth-order valence-corrected chi connectivity index (χ4v) is 1.91. The smallest absolute Gasteiger partial charge is 0.0940 e. The zero-order valence-electron chi connectivity index (χ0n) is 9.67. The van der Waals surface area contributed by atoms with Gasteiger partial charge in [0.05, 0.1) is 16.1 Å². The van der Waals surface area contributed by atoms with Gasteiger partial charge in [0.25, 0.3) is 0 Å². The van der Waals surface area contributed by atoms with E-state index in [1.54, 1.807) is 18.2 Å². The fraction of sp³-hybridized carbons (Fsp3) is 0.500. The lowest BCUT2D eigenvalue weighted by atomic mass is 10.0. The molecule has 0 aliphatic heterocycles. The summed E-state index contributed by atoms with van der Waals surface area (Å²) in [6, 6.07) is 5.49. The predicted molar refractivity (Wildman–Crippen MR) is 69.2 cm³/mol. The lowest BCUT2D eigenvalue weighted by Gasteiger charge is -2.23. The normalized spacial score (nSPS) is 15.2. The van der Waals surface area contributed by atoms with E-state index in [1.807, 2.05) is 20.8 Å². The maximum atomic E-state index is 10.1. The first-order chi connectivity index (χ1) is 7.41. The molecule has 0 aliphatic carbocycles. The topological polar surface area (TPSA) is 32.3 Å². The SMILES string of the molecule is CC(C)NC(C)C(O)c1ccc(Cl)c(Cl)c1. The molecule has 0 saturated carbocycles. The van der Waals surface area contributed by atoms with Crippen molar-refractivity contribution in [1.29, 1.82) is 0 Å². The minimum atomic E-state index is -0.586. The molecule has 0 saturated heterocycles. The molecule has 2 nitrogen and oxygen atoms in total. The molecule has 90 valence electrons. The summed E-state index contributed by atoms with van der Waals surface area (Å²) in [7, 11) is 0. The molecule has 1 aromatic rings. The number of hydrogen-bond acceptors (Lipinski definition) is 2. The van der Waals surface area contributed by atoms with Crippen LogP contribution in [0.5, 0.6) is 0 Å². The maximum absolute atomic E-state index is 10.1. The molecule has 0 bridgehead atoms. The first-order valence-corrected chi connectivity index (χ1v) is 6.06. The van der Waals surface area contributed by atoms with Crippen LogP contribution in [0.3, 0.4) is 0 Å². The van der Waals surface area contributed by atoms with Crippen molar-refractivity contribution < 1.29 is 5.11 Å². The Balaban J connectivity index is 2.79. The van der Waals surface area contributed by atoms with E-state index < -0.39 is 6.10 Å². The summed E-state index contributed by atoms with van der Waals surface area (Å²) in [4.78, 5) is 0. The Morgan fingerprint density at radius 1 is 1.12 bits per heavy atom. The molecule has 2 unspecified atom stereocenters. The van der Waals surface area contributed by atoms with Crippen molar-refractivity contribution in [2.24, 2.45) is 0 Å². The Hall–Kier alpha value is -0.280. The molecule has 2 atom stereocenters. The van der Waals surface area contributed by atoms with Crippen molar-refractivity contribution in [1.82, 2.24) is 5.32 Å². The molecular formula is C12H17Cl2NO. The number of nitrogens with one attached hydrogen (secondary N) is 1. The van der Waals surface area contributed by atoms with Gasteiger partial charge in [-0.1, -0.05) is 43.1 Å². The molecule has 0 aromatic heterocycles. The average molecular weight is 262 g/mol. The molecule has 0 fully saturated rings. The highest BCUT2D eigenvalue weighted by Gasteiger charge is 2.17. The van der Waals surface area contributed by atoms with Crippen molar-refractivity contribution in [2.75, 3.05) is 0 Å². The van der Waals surface area contributed by atoms with E-state index in [9.17, 15) is 5.11 Å². The second kappa shape index (κ2) is 5.87. The van der Waals surface area contributed by atoms with Gasteiger partial charge in [-0.15, -0.1) is 0 Å². The molecule has 0 radical (unpaired) electrons. The van der Waals surface area contributed by atoms with Crippen LogP contribution in [0.15, 0.2) is 18.2 Å². The van der Waals surface area contributed by atoms with E-state index >= 15 is 0 Å². The van der Waals surface area contributed by atoms with Gasteiger partial charge < -0.3 is 10.4 Å². The van der Waals surface area contributed by atoms with Gasteiger partial charge in [0.15, 0.2) is 0 Å². The number of rotatable bonds is 4. The Morgan fingerprint density at radius 3 is 2.25 bits per heavy atom. The molecule has 0 heterocycles. The van der Waals surface area contributed by atoms with Crippen LogP contribution in [-0.2, 0) is 0 Å². The summed E-state index contributed by atoms with van der Waals surface area (Å²) >= 11 is 11.7. The van der Waals surface area contributed by atoms with Gasteiger partial charge >= 0.3 is 0 Å². The average Bonchev–Trinajstić information content (AvgIpc) is 2.20. The Kier molecular flexibility index (Phi) is 5.06. The number of aliphatic hydroxyl groups is 1. The lowest BCUT2D eigenvalue weighted by Crippen LogP contribution is -2.36. The first kappa shape index (κ1) is 13.8. The molecule has 0 aliphatic rings. The quantitative estimate of drug-likeness (QED) is 0.871. The van der Waals surface area contributed by atoms with Crippen LogP contribution in [0, 0.1) is 0 Å². The summed E-state index contributed by atoms with van der Waals surface area (Å²) < 4.78 is 0. The molecule has 0 spiro atoms. The van der Waals surface area contributed by atoms with E-state index in [4.69, 9.17) is 23.2 Å². The zero-order chi connectivity index (χ0) is 12.3. The molecule has 1 aromatic carbocycles. The minimum absolute atomic E-state index is 0.0303. The third-order valence-electron chi connectivity index (χ3n) is 2.36. The number of benzene rings is 1. The van der Waals surface area contributed by atoms with Gasteiger partial charge in [-0.05, 0) is 24.6 Å². The molecule has 2 N–H and O–H groups in total. The molecule has 0 amide bonds. The standard InChI is InChI=1S/C12H17Cl2NO/c1-7(2)15-8(3)12(16)9-4-5-10(13)11(14)6-9/h4-8,12,15-16H,1-3H3. The van der Waals surface area contributed by atoms with Crippen molar-refractivity contribution >= 4 is 23.2 Å². The van der Waals surface area contributed by atoms with Crippen molar-refractivity contribution in [3.8, 4) is 0 Å². The van der Waals surface area contributed by atoms with Crippen LogP contribution < -0.4 is 5.32 Å². The molecule has 4 heteroatoms. The zero-order valence-corrected chi connectivity index (χ0v) is 11.2. The third kappa shape index (κ3) is 3.63. The number of hydrogen-bond donors (Lipinski definition) is 2. The monoisotopic (exact) mass is 261 g/mol. The van der Waals surface area contributed by atoms with E-state index in [0.717, 1.165) is 5.56 Å². The van der Waals surface area contributed by atoms with Crippen LogP contribution in [0.25, 0.3) is 0 Å². The Bertz CT molecular complexity index is 355. The predicted octanol–water partition coefficient (Wildman–Crippen LogP) is 3.41. The van der Waals surface area contributed by atoms with Crippen molar-refractivity contribution in [3.05, 3.63) is 33.8 Å². The number of halogens is 2. The summed E-state index contributed by atoms with van der Waals surface area (Å²) in [5.74, 6) is 0. The highest BCUT2D eigenvalue weighted by molar-refractivity contribution is 6.42. The van der Waals surface area contributed by atoms with Crippen LogP contribution in [0.4, 0.5) is 0 Å². The fourth-order valence-electron chi connectivity index (χ4n) is 1.60. The lowest BCUT2D eigenvalue weighted by molar-refractivity contribution is 0.132. The van der Waals surface area contributed by atoms with Crippen LogP contribution in [0.2, 0.25) is 10.0 Å². The van der Waals surface area contributed by atoms with Crippen LogP contribution in [-0.4, -0.2) is 17.2 Å². The highest BCUT2D eigenvalue weighted by atomic mass is 35.5. The molecule has 16 heavy (non-hydrogen) atoms. The van der Waals surface area contributed by atoms with E-state index in [0.29, 0.717) is 16.1 Å². The van der Waals surface area contributed by atoms with Crippen LogP contribution >= 0.6 is 23.2 Å². The minimum Gasteiger partial charge on any atom is -0.387 e. The van der Waals surface area contributed by atoms with Gasteiger partial charge in [-0.3, -0.25) is 0 Å². The van der Waals surface area contributed by atoms with Gasteiger partial charge in [-0.2, -0.15) is 0 Å². The van der Waals surface area contributed by atoms with Gasteiger partial charge in [0.2, 0.25) is 0 Å². The van der Waals surface area contributed by atoms with E-state index in [1.165, 1.54) is 0 Å². The molecule has 1 rings (SSSR count). The summed E-state index contributed by atoms with van der Waals surface area (Å²) in [5.41, 5.74) is 0.773. The summed E-state index contributed by atoms with van der Waals surface area (Å²) in [6.07, 6.45) is -0.586. The van der Waals surface area contributed by atoms with Gasteiger partial charge in [0.1, 0.15) is 0 Å². The second-order valence-electron chi connectivity index (χ2n) is 4.23. The highest BCUT2D eigenvalue weighted by Crippen LogP contribution is 2.26. The summed E-state index contributed by atoms with van der Waals surface area (Å²) in [6.45, 7) is 6.02. The van der Waals surface area contributed by atoms with Gasteiger partial charge in [0, 0.05) is 12.1 Å². The number of aliphatic hydroxyl groups excluding tert-OH is 1. The Morgan fingerprint density at radius 2 is 1.75 bits per heavy atom. The van der Waals surface area contributed by atoms with Crippen LogP contribution in [0.1, 0.15) is 32.4 Å². The van der Waals surface area contributed by atoms with Crippen molar-refractivity contribution in [2.45, 2.75) is 39.0 Å². The third-order valence-corrected chi connectivity index (χ3v) is 3.09. The molecular weight excluding hydrogens is 245 g/mol. The van der Waals surface area contributed by atoms with Crippen molar-refractivity contribution in [3.63, 3.8) is 0 Å². The van der Waals surface area contributed by atoms with E-state index in [-0.39, 0.29) is 6.04 Å². The largest absolute Gasteiger partial charge is 0.387 e. The van der Waals surface area contributed by atoms with E-state index in [2.05, 4.69) is 5.32 Å². The maximum Gasteiger partial charge on any atom is 0.0940 e. The Labute approximate surface area is 107 Å². The van der Waals surface area contributed by atoms with Gasteiger partial charge in [-0.25, -0.2) is 0 Å². The summed E-state index contributed by atoms with van der Waals surface area (Å²) in [5, 5.41) is 14.3. The first-order valence-electron chi connectivity index (χ1n) is 5.31. The second-order valence-corrected chi connectivity index (χ2v) is 5.04.